The highest BCUT2D eigenvalue weighted by Crippen LogP contribution is 2.50. The number of hydrogen-bond donors (Lipinski definition) is 1. The molecule has 2 aromatic carbocycles. The molecule has 0 unspecified atom stereocenters. The highest BCUT2D eigenvalue weighted by atomic mass is 16.6. The van der Waals surface area contributed by atoms with Gasteiger partial charge in [0.05, 0.1) is 17.0 Å². The van der Waals surface area contributed by atoms with Crippen LogP contribution < -0.4 is 14.8 Å². The molecule has 2 aromatic rings. The number of carbonyl (C=O) groups excluding carboxylic acids is 1. The zero-order valence-electron chi connectivity index (χ0n) is 13.0. The summed E-state index contributed by atoms with van der Waals surface area (Å²) in [5, 5.41) is 11.9. The monoisotopic (exact) mass is 320 g/mol. The Morgan fingerprint density at radius 2 is 1.88 bits per heavy atom. The molecule has 2 aliphatic rings. The normalized spacial score (nSPS) is 16.8. The number of amides is 1. The number of hydrogen-bond acceptors (Lipinski definition) is 4. The number of rotatable bonds is 3. The number of anilines is 1. The number of benzene rings is 2. The molecule has 0 atom stereocenters. The van der Waals surface area contributed by atoms with E-state index >= 15 is 0 Å². The fraction of sp³-hybridized carbons (Fsp3) is 0.263. The molecule has 1 amide bonds. The van der Waals surface area contributed by atoms with Gasteiger partial charge in [-0.15, -0.1) is 0 Å². The van der Waals surface area contributed by atoms with Crippen molar-refractivity contribution in [3.05, 3.63) is 53.6 Å². The Labute approximate surface area is 139 Å². The molecule has 5 nitrogen and oxygen atoms in total. The Balaban J connectivity index is 1.58. The van der Waals surface area contributed by atoms with E-state index in [9.17, 15) is 4.79 Å². The second-order valence-electron chi connectivity index (χ2n) is 6.09. The van der Waals surface area contributed by atoms with E-state index in [0.717, 1.165) is 24.2 Å². The average molecular weight is 320 g/mol. The summed E-state index contributed by atoms with van der Waals surface area (Å²) in [6, 6.07) is 14.7. The SMILES string of the molecule is N#Cc1cccc(NC(=O)C2(c3ccc4c(c3)OCCO4)CC2)c1. The van der Waals surface area contributed by atoms with Crippen molar-refractivity contribution in [3.63, 3.8) is 0 Å². The summed E-state index contributed by atoms with van der Waals surface area (Å²) >= 11 is 0. The number of nitriles is 1. The highest BCUT2D eigenvalue weighted by molar-refractivity contribution is 6.01. The van der Waals surface area contributed by atoms with Crippen LogP contribution in [0, 0.1) is 11.3 Å². The van der Waals surface area contributed by atoms with Gasteiger partial charge in [-0.25, -0.2) is 0 Å². The largest absolute Gasteiger partial charge is 0.486 e. The third-order valence-corrected chi connectivity index (χ3v) is 4.53. The van der Waals surface area contributed by atoms with Crippen LogP contribution in [-0.2, 0) is 10.2 Å². The molecule has 24 heavy (non-hydrogen) atoms. The molecule has 1 N–H and O–H groups in total. The van der Waals surface area contributed by atoms with Crippen LogP contribution in [0.3, 0.4) is 0 Å². The summed E-state index contributed by atoms with van der Waals surface area (Å²) in [5.74, 6) is 1.38. The Kier molecular flexibility index (Phi) is 3.39. The van der Waals surface area contributed by atoms with E-state index in [1.165, 1.54) is 0 Å². The molecule has 1 saturated carbocycles. The van der Waals surface area contributed by atoms with Crippen LogP contribution in [0.15, 0.2) is 42.5 Å². The van der Waals surface area contributed by atoms with Gasteiger partial charge in [0.1, 0.15) is 13.2 Å². The topological polar surface area (TPSA) is 71.4 Å². The van der Waals surface area contributed by atoms with Crippen LogP contribution >= 0.6 is 0 Å². The first kappa shape index (κ1) is 14.6. The predicted octanol–water partition coefficient (Wildman–Crippen LogP) is 3.00. The van der Waals surface area contributed by atoms with Gasteiger partial charge in [-0.2, -0.15) is 5.26 Å². The molecular formula is C19H16N2O3. The van der Waals surface area contributed by atoms with Gasteiger partial charge >= 0.3 is 0 Å². The van der Waals surface area contributed by atoms with Crippen LogP contribution in [0.2, 0.25) is 0 Å². The van der Waals surface area contributed by atoms with Crippen molar-refractivity contribution in [2.75, 3.05) is 18.5 Å². The summed E-state index contributed by atoms with van der Waals surface area (Å²) in [6.07, 6.45) is 1.60. The minimum absolute atomic E-state index is 0.0470. The molecule has 0 saturated heterocycles. The van der Waals surface area contributed by atoms with Gasteiger partial charge in [-0.3, -0.25) is 4.79 Å². The van der Waals surface area contributed by atoms with E-state index in [4.69, 9.17) is 14.7 Å². The Morgan fingerprint density at radius 3 is 2.62 bits per heavy atom. The lowest BCUT2D eigenvalue weighted by atomic mass is 9.94. The molecule has 5 heteroatoms. The van der Waals surface area contributed by atoms with Gasteiger partial charge in [0.15, 0.2) is 11.5 Å². The van der Waals surface area contributed by atoms with E-state index in [1.54, 1.807) is 24.3 Å². The van der Waals surface area contributed by atoms with Gasteiger partial charge in [-0.05, 0) is 48.7 Å². The van der Waals surface area contributed by atoms with Crippen LogP contribution in [0.1, 0.15) is 24.0 Å². The summed E-state index contributed by atoms with van der Waals surface area (Å²) in [7, 11) is 0. The van der Waals surface area contributed by atoms with Gasteiger partial charge < -0.3 is 14.8 Å². The van der Waals surface area contributed by atoms with Crippen molar-refractivity contribution >= 4 is 11.6 Å². The lowest BCUT2D eigenvalue weighted by Crippen LogP contribution is -2.28. The number of ether oxygens (including phenoxy) is 2. The van der Waals surface area contributed by atoms with Crippen molar-refractivity contribution in [1.29, 1.82) is 5.26 Å². The first-order chi connectivity index (χ1) is 11.7. The number of fused-ring (bicyclic) bond motifs is 1. The van der Waals surface area contributed by atoms with E-state index in [-0.39, 0.29) is 5.91 Å². The van der Waals surface area contributed by atoms with Gasteiger partial charge in [0.25, 0.3) is 0 Å². The summed E-state index contributed by atoms with van der Waals surface area (Å²) in [4.78, 5) is 12.8. The van der Waals surface area contributed by atoms with Crippen molar-refractivity contribution in [1.82, 2.24) is 0 Å². The maximum Gasteiger partial charge on any atom is 0.235 e. The van der Waals surface area contributed by atoms with Crippen LogP contribution in [0.25, 0.3) is 0 Å². The lowest BCUT2D eigenvalue weighted by molar-refractivity contribution is -0.118. The summed E-state index contributed by atoms with van der Waals surface area (Å²) in [6.45, 7) is 1.07. The van der Waals surface area contributed by atoms with Crippen LogP contribution in [0.4, 0.5) is 5.69 Å². The number of carbonyl (C=O) groups is 1. The van der Waals surface area contributed by atoms with Crippen LogP contribution in [-0.4, -0.2) is 19.1 Å². The smallest absolute Gasteiger partial charge is 0.235 e. The van der Waals surface area contributed by atoms with Crippen molar-refractivity contribution in [2.24, 2.45) is 0 Å². The molecule has 1 aliphatic heterocycles. The Morgan fingerprint density at radius 1 is 1.08 bits per heavy atom. The molecule has 0 aromatic heterocycles. The Bertz CT molecular complexity index is 850. The third kappa shape index (κ3) is 2.46. The fourth-order valence-electron chi connectivity index (χ4n) is 3.03. The molecule has 4 rings (SSSR count). The zero-order valence-corrected chi connectivity index (χ0v) is 13.0. The van der Waals surface area contributed by atoms with Crippen molar-refractivity contribution in [3.8, 4) is 17.6 Å². The molecule has 1 heterocycles. The van der Waals surface area contributed by atoms with Crippen molar-refractivity contribution in [2.45, 2.75) is 18.3 Å². The maximum atomic E-state index is 12.8. The highest BCUT2D eigenvalue weighted by Gasteiger charge is 2.51. The zero-order chi connectivity index (χ0) is 16.6. The summed E-state index contributed by atoms with van der Waals surface area (Å²) in [5.41, 5.74) is 1.60. The van der Waals surface area contributed by atoms with Gasteiger partial charge in [0, 0.05) is 5.69 Å². The third-order valence-electron chi connectivity index (χ3n) is 4.53. The minimum Gasteiger partial charge on any atom is -0.486 e. The number of nitrogens with one attached hydrogen (secondary N) is 1. The predicted molar refractivity (Wildman–Crippen MR) is 88.1 cm³/mol. The lowest BCUT2D eigenvalue weighted by Gasteiger charge is -2.21. The molecule has 120 valence electrons. The van der Waals surface area contributed by atoms with E-state index in [0.29, 0.717) is 30.2 Å². The van der Waals surface area contributed by atoms with Gasteiger partial charge in [0.2, 0.25) is 5.91 Å². The molecule has 1 aliphatic carbocycles. The van der Waals surface area contributed by atoms with Crippen LogP contribution in [0.5, 0.6) is 11.5 Å². The Hall–Kier alpha value is -3.00. The second kappa shape index (κ2) is 5.57. The average Bonchev–Trinajstić information content (AvgIpc) is 3.43. The first-order valence-electron chi connectivity index (χ1n) is 7.93. The molecule has 0 radical (unpaired) electrons. The molecule has 0 spiro atoms. The molecular weight excluding hydrogens is 304 g/mol. The quantitative estimate of drug-likeness (QED) is 0.943. The standard InChI is InChI=1S/C19H16N2O3/c20-12-13-2-1-3-15(10-13)21-18(22)19(6-7-19)14-4-5-16-17(11-14)24-9-8-23-16/h1-5,10-11H,6-9H2,(H,21,22). The fourth-order valence-corrected chi connectivity index (χ4v) is 3.03. The minimum atomic E-state index is -0.515. The second-order valence-corrected chi connectivity index (χ2v) is 6.09. The van der Waals surface area contributed by atoms with Crippen molar-refractivity contribution < 1.29 is 14.3 Å². The van der Waals surface area contributed by atoms with E-state index < -0.39 is 5.41 Å². The molecule has 1 fully saturated rings. The molecule has 0 bridgehead atoms. The van der Waals surface area contributed by atoms with Gasteiger partial charge in [-0.1, -0.05) is 12.1 Å². The maximum absolute atomic E-state index is 12.8. The first-order valence-corrected chi connectivity index (χ1v) is 7.93. The van der Waals surface area contributed by atoms with E-state index in [2.05, 4.69) is 11.4 Å². The number of nitrogens with zero attached hydrogens (tertiary/aromatic N) is 1. The summed E-state index contributed by atoms with van der Waals surface area (Å²) < 4.78 is 11.2. The van der Waals surface area contributed by atoms with E-state index in [1.807, 2.05) is 18.2 Å².